The molecule has 4 heterocycles. The highest BCUT2D eigenvalue weighted by atomic mass is 32.1. The molecule has 0 spiro atoms. The van der Waals surface area contributed by atoms with E-state index >= 15 is 0 Å². The van der Waals surface area contributed by atoms with Gasteiger partial charge in [0.25, 0.3) is 5.91 Å². The minimum atomic E-state index is 0.0639. The second-order valence-corrected chi connectivity index (χ2v) is 7.79. The number of rotatable bonds is 4. The molecular weight excluding hydrogens is 352 g/mol. The first-order valence-electron chi connectivity index (χ1n) is 9.13. The van der Waals surface area contributed by atoms with Crippen molar-refractivity contribution in [1.82, 2.24) is 20.0 Å². The molecule has 7 nitrogen and oxygen atoms in total. The number of likely N-dealkylation sites (tertiary alicyclic amines) is 2. The minimum Gasteiger partial charge on any atom is -0.424 e. The van der Waals surface area contributed by atoms with Crippen LogP contribution >= 0.6 is 11.3 Å². The lowest BCUT2D eigenvalue weighted by Gasteiger charge is -2.30. The molecule has 2 aromatic heterocycles. The maximum absolute atomic E-state index is 12.4. The number of carbonyl (C=O) groups is 2. The third-order valence-corrected chi connectivity index (χ3v) is 5.96. The van der Waals surface area contributed by atoms with Gasteiger partial charge in [-0.25, -0.2) is 0 Å². The second-order valence-electron chi connectivity index (χ2n) is 6.84. The lowest BCUT2D eigenvalue weighted by molar-refractivity contribution is -0.129. The first-order valence-corrected chi connectivity index (χ1v) is 10.0. The average Bonchev–Trinajstić information content (AvgIpc) is 3.43. The van der Waals surface area contributed by atoms with Crippen LogP contribution in [0.5, 0.6) is 0 Å². The minimum absolute atomic E-state index is 0.0639. The van der Waals surface area contributed by atoms with Gasteiger partial charge in [-0.05, 0) is 37.1 Å². The number of hydrogen-bond donors (Lipinski definition) is 0. The molecule has 4 rings (SSSR count). The van der Waals surface area contributed by atoms with Crippen molar-refractivity contribution in [2.75, 3.05) is 26.2 Å². The van der Waals surface area contributed by atoms with E-state index in [-0.39, 0.29) is 24.2 Å². The van der Waals surface area contributed by atoms with Crippen LogP contribution in [-0.4, -0.2) is 58.0 Å². The van der Waals surface area contributed by atoms with Crippen LogP contribution < -0.4 is 0 Å². The van der Waals surface area contributed by atoms with E-state index in [0.29, 0.717) is 24.9 Å². The third-order valence-electron chi connectivity index (χ3n) is 5.11. The van der Waals surface area contributed by atoms with Crippen LogP contribution in [0.3, 0.4) is 0 Å². The number of piperidine rings is 1. The van der Waals surface area contributed by atoms with Crippen molar-refractivity contribution in [3.8, 4) is 0 Å². The molecule has 2 amide bonds. The van der Waals surface area contributed by atoms with Crippen LogP contribution in [0.15, 0.2) is 21.9 Å². The lowest BCUT2D eigenvalue weighted by atomic mass is 9.97. The number of hydrogen-bond acceptors (Lipinski definition) is 6. The van der Waals surface area contributed by atoms with Crippen LogP contribution in [-0.2, 0) is 11.2 Å². The highest BCUT2D eigenvalue weighted by molar-refractivity contribution is 7.12. The van der Waals surface area contributed by atoms with E-state index in [1.54, 1.807) is 0 Å². The van der Waals surface area contributed by atoms with Gasteiger partial charge in [0.05, 0.1) is 4.88 Å². The Balaban J connectivity index is 1.31. The van der Waals surface area contributed by atoms with E-state index in [9.17, 15) is 9.59 Å². The van der Waals surface area contributed by atoms with E-state index in [0.717, 1.165) is 43.6 Å². The van der Waals surface area contributed by atoms with Crippen LogP contribution in [0.1, 0.15) is 53.1 Å². The second kappa shape index (κ2) is 7.57. The zero-order valence-electron chi connectivity index (χ0n) is 14.6. The first kappa shape index (κ1) is 17.2. The van der Waals surface area contributed by atoms with Gasteiger partial charge in [0.15, 0.2) is 0 Å². The van der Waals surface area contributed by atoms with Crippen molar-refractivity contribution in [3.63, 3.8) is 0 Å². The fraction of sp³-hybridized carbons (Fsp3) is 0.556. The standard InChI is InChI=1S/C18H22N4O3S/c23-16(21-7-1-2-8-21)12-15-19-20-17(25-15)13-5-9-22(10-6-13)18(24)14-4-3-11-26-14/h3-4,11,13H,1-2,5-10,12H2. The number of nitrogens with zero attached hydrogens (tertiary/aromatic N) is 4. The molecule has 26 heavy (non-hydrogen) atoms. The zero-order valence-corrected chi connectivity index (χ0v) is 15.4. The van der Waals surface area contributed by atoms with Gasteiger partial charge < -0.3 is 14.2 Å². The van der Waals surface area contributed by atoms with E-state index in [4.69, 9.17) is 4.42 Å². The Morgan fingerprint density at radius 1 is 1.12 bits per heavy atom. The summed E-state index contributed by atoms with van der Waals surface area (Å²) in [7, 11) is 0. The average molecular weight is 374 g/mol. The highest BCUT2D eigenvalue weighted by Crippen LogP contribution is 2.28. The summed E-state index contributed by atoms with van der Waals surface area (Å²) >= 11 is 1.47. The maximum Gasteiger partial charge on any atom is 0.263 e. The number of amides is 2. The van der Waals surface area contributed by atoms with Crippen molar-refractivity contribution < 1.29 is 14.0 Å². The molecule has 0 atom stereocenters. The Hall–Kier alpha value is -2.22. The van der Waals surface area contributed by atoms with Crippen molar-refractivity contribution in [2.45, 2.75) is 38.0 Å². The van der Waals surface area contributed by atoms with Crippen molar-refractivity contribution >= 4 is 23.2 Å². The Kier molecular flexibility index (Phi) is 5.01. The Morgan fingerprint density at radius 2 is 1.88 bits per heavy atom. The molecular formula is C18H22N4O3S. The smallest absolute Gasteiger partial charge is 0.263 e. The Labute approximate surface area is 156 Å². The topological polar surface area (TPSA) is 79.5 Å². The molecule has 0 aromatic carbocycles. The highest BCUT2D eigenvalue weighted by Gasteiger charge is 2.29. The van der Waals surface area contributed by atoms with Gasteiger partial charge >= 0.3 is 0 Å². The Morgan fingerprint density at radius 3 is 2.58 bits per heavy atom. The van der Waals surface area contributed by atoms with Gasteiger partial charge in [0.2, 0.25) is 17.7 Å². The van der Waals surface area contributed by atoms with E-state index in [1.165, 1.54) is 11.3 Å². The maximum atomic E-state index is 12.4. The van der Waals surface area contributed by atoms with Gasteiger partial charge in [-0.3, -0.25) is 9.59 Å². The predicted octanol–water partition coefficient (Wildman–Crippen LogP) is 2.32. The van der Waals surface area contributed by atoms with Crippen LogP contribution in [0, 0.1) is 0 Å². The normalized spacial score (nSPS) is 18.5. The van der Waals surface area contributed by atoms with E-state index in [1.807, 2.05) is 27.3 Å². The Bertz CT molecular complexity index is 759. The van der Waals surface area contributed by atoms with Gasteiger partial charge in [-0.15, -0.1) is 21.5 Å². The molecule has 2 fully saturated rings. The molecule has 0 aliphatic carbocycles. The van der Waals surface area contributed by atoms with Gasteiger partial charge in [0, 0.05) is 32.1 Å². The molecule has 0 radical (unpaired) electrons. The molecule has 2 aliphatic heterocycles. The summed E-state index contributed by atoms with van der Waals surface area (Å²) in [5.74, 6) is 1.31. The molecule has 0 N–H and O–H groups in total. The first-order chi connectivity index (χ1) is 12.7. The van der Waals surface area contributed by atoms with Crippen molar-refractivity contribution in [3.05, 3.63) is 34.2 Å². The van der Waals surface area contributed by atoms with Gasteiger partial charge in [0.1, 0.15) is 6.42 Å². The molecule has 0 unspecified atom stereocenters. The SMILES string of the molecule is O=C(Cc1nnc(C2CCN(C(=O)c3cccs3)CC2)o1)N1CCCC1. The quantitative estimate of drug-likeness (QED) is 0.820. The largest absolute Gasteiger partial charge is 0.424 e. The molecule has 0 bridgehead atoms. The molecule has 2 aromatic rings. The summed E-state index contributed by atoms with van der Waals surface area (Å²) < 4.78 is 5.75. The van der Waals surface area contributed by atoms with Crippen LogP contribution in [0.4, 0.5) is 0 Å². The summed E-state index contributed by atoms with van der Waals surface area (Å²) in [6.07, 6.45) is 3.94. The molecule has 2 saturated heterocycles. The van der Waals surface area contributed by atoms with E-state index in [2.05, 4.69) is 10.2 Å². The van der Waals surface area contributed by atoms with Gasteiger partial charge in [-0.2, -0.15) is 0 Å². The molecule has 0 saturated carbocycles. The molecule has 8 heteroatoms. The molecule has 138 valence electrons. The monoisotopic (exact) mass is 374 g/mol. The van der Waals surface area contributed by atoms with Crippen LogP contribution in [0.25, 0.3) is 0 Å². The summed E-state index contributed by atoms with van der Waals surface area (Å²) in [4.78, 5) is 29.1. The summed E-state index contributed by atoms with van der Waals surface area (Å²) in [6, 6.07) is 3.76. The van der Waals surface area contributed by atoms with Crippen molar-refractivity contribution in [1.29, 1.82) is 0 Å². The fourth-order valence-corrected chi connectivity index (χ4v) is 4.29. The summed E-state index contributed by atoms with van der Waals surface area (Å²) in [5, 5.41) is 10.1. The number of thiophene rings is 1. The van der Waals surface area contributed by atoms with E-state index < -0.39 is 0 Å². The van der Waals surface area contributed by atoms with Crippen LogP contribution in [0.2, 0.25) is 0 Å². The fourth-order valence-electron chi connectivity index (χ4n) is 3.60. The summed E-state index contributed by atoms with van der Waals surface area (Å²) in [6.45, 7) is 3.03. The molecule has 2 aliphatic rings. The number of aromatic nitrogens is 2. The van der Waals surface area contributed by atoms with Gasteiger partial charge in [-0.1, -0.05) is 6.07 Å². The third kappa shape index (κ3) is 3.65. The summed E-state index contributed by atoms with van der Waals surface area (Å²) in [5.41, 5.74) is 0. The zero-order chi connectivity index (χ0) is 17.9. The lowest BCUT2D eigenvalue weighted by Crippen LogP contribution is -2.37. The predicted molar refractivity (Wildman–Crippen MR) is 96.0 cm³/mol. The number of carbonyl (C=O) groups excluding carboxylic acids is 2. The van der Waals surface area contributed by atoms with Crippen molar-refractivity contribution in [2.24, 2.45) is 0 Å².